The summed E-state index contributed by atoms with van der Waals surface area (Å²) in [6.45, 7) is 1.08. The molecule has 0 N–H and O–H groups in total. The molecule has 1 aromatic carbocycles. The third kappa shape index (κ3) is 4.16. The van der Waals surface area contributed by atoms with Gasteiger partial charge in [-0.05, 0) is 37.0 Å². The zero-order chi connectivity index (χ0) is 23.9. The lowest BCUT2D eigenvalue weighted by Crippen LogP contribution is -2.36. The molecule has 5 rings (SSSR count). The fraction of sp³-hybridized carbons (Fsp3) is 0.417. The van der Waals surface area contributed by atoms with Crippen molar-refractivity contribution in [3.8, 4) is 6.07 Å². The zero-order valence-electron chi connectivity index (χ0n) is 18.5. The van der Waals surface area contributed by atoms with Gasteiger partial charge in [-0.1, -0.05) is 18.2 Å². The lowest BCUT2D eigenvalue weighted by Gasteiger charge is -2.29. The molecule has 7 nitrogen and oxygen atoms in total. The fourth-order valence-corrected chi connectivity index (χ4v) is 5.60. The van der Waals surface area contributed by atoms with Crippen LogP contribution in [0.1, 0.15) is 46.5 Å². The summed E-state index contributed by atoms with van der Waals surface area (Å²) in [7, 11) is 0. The highest BCUT2D eigenvalue weighted by Gasteiger charge is 2.41. The number of hydrogen-bond donors (Lipinski definition) is 0. The number of nitriles is 1. The minimum atomic E-state index is -2.88. The summed E-state index contributed by atoms with van der Waals surface area (Å²) in [6.07, 6.45) is 2.72. The van der Waals surface area contributed by atoms with E-state index in [-0.39, 0.29) is 29.9 Å². The predicted octanol–water partition coefficient (Wildman–Crippen LogP) is 3.85. The Bertz CT molecular complexity index is 1350. The topological polar surface area (TPSA) is 82.2 Å². The highest BCUT2D eigenvalue weighted by molar-refractivity contribution is 7.20. The highest BCUT2D eigenvalue weighted by Crippen LogP contribution is 2.31. The summed E-state index contributed by atoms with van der Waals surface area (Å²) < 4.78 is 29.1. The molecule has 2 aliphatic heterocycles. The fourth-order valence-electron chi connectivity index (χ4n) is 4.59. The third-order valence-electron chi connectivity index (χ3n) is 6.39. The molecular weight excluding hydrogens is 460 g/mol. The Morgan fingerprint density at radius 1 is 1.18 bits per heavy atom. The lowest BCUT2D eigenvalue weighted by atomic mass is 10.1. The Balaban J connectivity index is 1.59. The molecule has 0 bridgehead atoms. The number of rotatable bonds is 4. The monoisotopic (exact) mass is 483 g/mol. The van der Waals surface area contributed by atoms with E-state index in [4.69, 9.17) is 4.98 Å². The van der Waals surface area contributed by atoms with E-state index in [2.05, 4.69) is 11.0 Å². The maximum absolute atomic E-state index is 13.6. The largest absolute Gasteiger partial charge is 0.342 e. The summed E-state index contributed by atoms with van der Waals surface area (Å²) >= 11 is 0.994. The van der Waals surface area contributed by atoms with Crippen LogP contribution in [0.3, 0.4) is 0 Å². The minimum Gasteiger partial charge on any atom is -0.342 e. The molecule has 4 heterocycles. The van der Waals surface area contributed by atoms with E-state index >= 15 is 0 Å². The molecule has 0 unspecified atom stereocenters. The molecule has 0 aliphatic carbocycles. The summed E-state index contributed by atoms with van der Waals surface area (Å²) in [6, 6.07) is 10.8. The van der Waals surface area contributed by atoms with Crippen LogP contribution in [-0.2, 0) is 6.54 Å². The van der Waals surface area contributed by atoms with Crippen LogP contribution < -0.4 is 10.5 Å². The number of amides is 1. The molecule has 2 aromatic heterocycles. The van der Waals surface area contributed by atoms with Gasteiger partial charge in [0.1, 0.15) is 4.70 Å². The van der Waals surface area contributed by atoms with Crippen molar-refractivity contribution in [1.29, 1.82) is 5.26 Å². The third-order valence-corrected chi connectivity index (χ3v) is 7.49. The maximum atomic E-state index is 13.6. The van der Waals surface area contributed by atoms with Crippen molar-refractivity contribution < 1.29 is 13.6 Å². The van der Waals surface area contributed by atoms with E-state index < -0.39 is 18.4 Å². The second-order valence-corrected chi connectivity index (χ2v) is 9.83. The van der Waals surface area contributed by atoms with Gasteiger partial charge in [-0.25, -0.2) is 13.8 Å². The van der Waals surface area contributed by atoms with Crippen LogP contribution in [0.4, 0.5) is 14.7 Å². The summed E-state index contributed by atoms with van der Waals surface area (Å²) in [5.74, 6) is -2.87. The van der Waals surface area contributed by atoms with Crippen molar-refractivity contribution in [2.45, 2.75) is 38.2 Å². The van der Waals surface area contributed by atoms with Gasteiger partial charge in [-0.2, -0.15) is 5.26 Å². The Hall–Kier alpha value is -3.32. The number of aromatic nitrogens is 2. The first-order valence-electron chi connectivity index (χ1n) is 11.3. The van der Waals surface area contributed by atoms with Crippen LogP contribution in [0.5, 0.6) is 0 Å². The molecule has 176 valence electrons. The second-order valence-electron chi connectivity index (χ2n) is 8.78. The summed E-state index contributed by atoms with van der Waals surface area (Å²) in [4.78, 5) is 34.7. The first-order valence-corrected chi connectivity index (χ1v) is 12.1. The van der Waals surface area contributed by atoms with Gasteiger partial charge in [-0.3, -0.25) is 14.2 Å². The van der Waals surface area contributed by atoms with Gasteiger partial charge in [0, 0.05) is 26.1 Å². The number of benzene rings is 1. The number of thiophene rings is 1. The summed E-state index contributed by atoms with van der Waals surface area (Å²) in [5, 5.41) is 9.50. The molecule has 0 saturated carbocycles. The van der Waals surface area contributed by atoms with Gasteiger partial charge in [-0.15, -0.1) is 11.3 Å². The van der Waals surface area contributed by atoms with Crippen LogP contribution in [0, 0.1) is 11.3 Å². The first kappa shape index (κ1) is 22.5. The molecule has 1 amide bonds. The molecule has 0 radical (unpaired) electrons. The molecule has 2 fully saturated rings. The zero-order valence-corrected chi connectivity index (χ0v) is 19.3. The molecule has 3 aromatic rings. The van der Waals surface area contributed by atoms with Crippen molar-refractivity contribution in [1.82, 2.24) is 14.5 Å². The molecule has 2 aliphatic rings. The Morgan fingerprint density at radius 2 is 1.94 bits per heavy atom. The number of piperidine rings is 1. The van der Waals surface area contributed by atoms with Crippen LogP contribution in [0.25, 0.3) is 10.2 Å². The Kier molecular flexibility index (Phi) is 5.81. The SMILES string of the molecule is N#Cc1ccccc1Cn1c(N2CCCCC2)nc2cc(C(=O)N3CCC(F)(F)C3)sc2c1=O. The van der Waals surface area contributed by atoms with E-state index in [1.165, 1.54) is 0 Å². The molecular formula is C24H23F2N5O2S. The average molecular weight is 484 g/mol. The maximum Gasteiger partial charge on any atom is 0.273 e. The van der Waals surface area contributed by atoms with E-state index in [9.17, 15) is 23.6 Å². The molecule has 2 saturated heterocycles. The normalized spacial score (nSPS) is 17.8. The number of fused-ring (bicyclic) bond motifs is 1. The number of hydrogen-bond acceptors (Lipinski definition) is 6. The molecule has 0 spiro atoms. The van der Waals surface area contributed by atoms with E-state index in [0.717, 1.165) is 48.6 Å². The van der Waals surface area contributed by atoms with Gasteiger partial charge in [0.25, 0.3) is 17.4 Å². The van der Waals surface area contributed by atoms with Gasteiger partial charge in [0.2, 0.25) is 5.95 Å². The van der Waals surface area contributed by atoms with E-state index in [1.54, 1.807) is 22.8 Å². The number of alkyl halides is 2. The standard InChI is InChI=1S/C24H23F2N5O2S/c25-24(26)8-11-30(15-24)21(32)19-12-18-20(34-19)22(33)31(14-17-7-3-2-6-16(17)13-27)23(28-18)29-9-4-1-5-10-29/h2-3,6-7,12H,1,4-5,8-11,14-15H2. The molecule has 10 heteroatoms. The highest BCUT2D eigenvalue weighted by atomic mass is 32.1. The summed E-state index contributed by atoms with van der Waals surface area (Å²) in [5.41, 5.74) is 1.29. The van der Waals surface area contributed by atoms with Crippen molar-refractivity contribution >= 4 is 33.4 Å². The van der Waals surface area contributed by atoms with Gasteiger partial charge in [0.05, 0.1) is 35.1 Å². The van der Waals surface area contributed by atoms with E-state index in [1.807, 2.05) is 12.1 Å². The quantitative estimate of drug-likeness (QED) is 0.563. The van der Waals surface area contributed by atoms with Crippen LogP contribution in [0.2, 0.25) is 0 Å². The van der Waals surface area contributed by atoms with Crippen molar-refractivity contribution in [2.24, 2.45) is 0 Å². The Labute approximate surface area is 198 Å². The molecule has 34 heavy (non-hydrogen) atoms. The van der Waals surface area contributed by atoms with Crippen LogP contribution >= 0.6 is 11.3 Å². The Morgan fingerprint density at radius 3 is 2.65 bits per heavy atom. The van der Waals surface area contributed by atoms with Crippen LogP contribution in [0.15, 0.2) is 35.1 Å². The number of halogens is 2. The number of anilines is 1. The number of carbonyl (C=O) groups is 1. The lowest BCUT2D eigenvalue weighted by molar-refractivity contribution is 0.0121. The van der Waals surface area contributed by atoms with Crippen molar-refractivity contribution in [3.05, 3.63) is 56.7 Å². The number of likely N-dealkylation sites (tertiary alicyclic amines) is 1. The van der Waals surface area contributed by atoms with Crippen LogP contribution in [-0.4, -0.2) is 52.5 Å². The molecule has 0 atom stereocenters. The first-order chi connectivity index (χ1) is 16.4. The smallest absolute Gasteiger partial charge is 0.273 e. The van der Waals surface area contributed by atoms with Gasteiger partial charge in [0.15, 0.2) is 0 Å². The van der Waals surface area contributed by atoms with Crippen molar-refractivity contribution in [3.63, 3.8) is 0 Å². The van der Waals surface area contributed by atoms with E-state index in [0.29, 0.717) is 27.3 Å². The van der Waals surface area contributed by atoms with Gasteiger partial charge < -0.3 is 9.80 Å². The predicted molar refractivity (Wildman–Crippen MR) is 126 cm³/mol. The average Bonchev–Trinajstić information content (AvgIpc) is 3.44. The van der Waals surface area contributed by atoms with Crippen molar-refractivity contribution in [2.75, 3.05) is 31.1 Å². The minimum absolute atomic E-state index is 0.0122. The number of nitrogens with zero attached hydrogens (tertiary/aromatic N) is 5. The second kappa shape index (κ2) is 8.80. The van der Waals surface area contributed by atoms with Gasteiger partial charge >= 0.3 is 0 Å². The number of carbonyl (C=O) groups excluding carboxylic acids is 1.